The lowest BCUT2D eigenvalue weighted by molar-refractivity contribution is -0.141. The van der Waals surface area contributed by atoms with Crippen LogP contribution in [-0.2, 0) is 16.0 Å². The number of nitrogens with zero attached hydrogens (tertiary/aromatic N) is 2. The van der Waals surface area contributed by atoms with Crippen LogP contribution < -0.4 is 5.32 Å². The number of aryl methyl sites for hydroxylation is 1. The Hall–Kier alpha value is -1.92. The number of aromatic nitrogens is 2. The maximum absolute atomic E-state index is 11.6. The van der Waals surface area contributed by atoms with E-state index in [1.165, 1.54) is 12.8 Å². The zero-order valence-electron chi connectivity index (χ0n) is 12.2. The van der Waals surface area contributed by atoms with Gasteiger partial charge in [0.1, 0.15) is 0 Å². The fourth-order valence-corrected chi connectivity index (χ4v) is 2.38. The van der Waals surface area contributed by atoms with Crippen LogP contribution in [0.4, 0.5) is 0 Å². The Morgan fingerprint density at radius 3 is 2.81 bits per heavy atom. The normalized spacial score (nSPS) is 16.8. The van der Waals surface area contributed by atoms with Crippen molar-refractivity contribution in [2.24, 2.45) is 5.92 Å². The molecule has 1 aliphatic carbocycles. The average molecular weight is 295 g/mol. The zero-order valence-corrected chi connectivity index (χ0v) is 12.2. The summed E-state index contributed by atoms with van der Waals surface area (Å²) in [4.78, 5) is 26.6. The number of amides is 1. The quantitative estimate of drug-likeness (QED) is 0.789. The molecule has 1 fully saturated rings. The van der Waals surface area contributed by atoms with Crippen molar-refractivity contribution in [2.75, 3.05) is 6.54 Å². The molecule has 0 aromatic carbocycles. The van der Waals surface area contributed by atoms with Gasteiger partial charge in [-0.25, -0.2) is 0 Å². The van der Waals surface area contributed by atoms with Crippen LogP contribution in [0.1, 0.15) is 56.7 Å². The molecule has 1 saturated carbocycles. The SMILES string of the molecule is CC(CNC(=O)CCc1nc(C2CCCC2)no1)C(=O)O. The van der Waals surface area contributed by atoms with E-state index in [0.29, 0.717) is 18.2 Å². The summed E-state index contributed by atoms with van der Waals surface area (Å²) in [5.41, 5.74) is 0. The second kappa shape index (κ2) is 7.19. The number of rotatable bonds is 7. The largest absolute Gasteiger partial charge is 0.481 e. The Bertz CT molecular complexity index is 494. The molecule has 0 spiro atoms. The summed E-state index contributed by atoms with van der Waals surface area (Å²) in [5, 5.41) is 15.3. The van der Waals surface area contributed by atoms with Crippen LogP contribution >= 0.6 is 0 Å². The standard InChI is InChI=1S/C14H21N3O4/c1-9(14(19)20)8-15-11(18)6-7-12-16-13(17-21-12)10-4-2-3-5-10/h9-10H,2-8H2,1H3,(H,15,18)(H,19,20). The van der Waals surface area contributed by atoms with Crippen LogP contribution in [0.15, 0.2) is 4.52 Å². The van der Waals surface area contributed by atoms with E-state index in [4.69, 9.17) is 9.63 Å². The summed E-state index contributed by atoms with van der Waals surface area (Å²) in [7, 11) is 0. The third kappa shape index (κ3) is 4.54. The molecule has 1 aromatic rings. The van der Waals surface area contributed by atoms with Gasteiger partial charge < -0.3 is 14.9 Å². The summed E-state index contributed by atoms with van der Waals surface area (Å²) in [6, 6.07) is 0. The molecule has 21 heavy (non-hydrogen) atoms. The second-order valence-electron chi connectivity index (χ2n) is 5.57. The molecule has 0 saturated heterocycles. The van der Waals surface area contributed by atoms with Crippen LogP contribution in [0.3, 0.4) is 0 Å². The fraction of sp³-hybridized carbons (Fsp3) is 0.714. The molecule has 1 aliphatic rings. The highest BCUT2D eigenvalue weighted by Crippen LogP contribution is 2.32. The molecular formula is C14H21N3O4. The minimum Gasteiger partial charge on any atom is -0.481 e. The molecule has 2 N–H and O–H groups in total. The van der Waals surface area contributed by atoms with Crippen molar-refractivity contribution in [1.29, 1.82) is 0 Å². The van der Waals surface area contributed by atoms with Gasteiger partial charge in [0.2, 0.25) is 11.8 Å². The lowest BCUT2D eigenvalue weighted by Crippen LogP contribution is -2.31. The van der Waals surface area contributed by atoms with Crippen LogP contribution in [0.2, 0.25) is 0 Å². The molecule has 0 aliphatic heterocycles. The first-order chi connectivity index (χ1) is 10.1. The lowest BCUT2D eigenvalue weighted by Gasteiger charge is -2.07. The van der Waals surface area contributed by atoms with Crippen LogP contribution in [-0.4, -0.2) is 33.7 Å². The van der Waals surface area contributed by atoms with Gasteiger partial charge in [-0.05, 0) is 12.8 Å². The van der Waals surface area contributed by atoms with Crippen molar-refractivity contribution in [3.05, 3.63) is 11.7 Å². The highest BCUT2D eigenvalue weighted by Gasteiger charge is 2.22. The van der Waals surface area contributed by atoms with E-state index in [1.807, 2.05) is 0 Å². The predicted molar refractivity (Wildman–Crippen MR) is 73.6 cm³/mol. The minimum atomic E-state index is -0.923. The van der Waals surface area contributed by atoms with Crippen molar-refractivity contribution in [3.8, 4) is 0 Å². The summed E-state index contributed by atoms with van der Waals surface area (Å²) >= 11 is 0. The van der Waals surface area contributed by atoms with E-state index < -0.39 is 11.9 Å². The highest BCUT2D eigenvalue weighted by molar-refractivity contribution is 5.77. The topological polar surface area (TPSA) is 105 Å². The number of aliphatic carboxylic acids is 1. The smallest absolute Gasteiger partial charge is 0.308 e. The fourth-order valence-electron chi connectivity index (χ4n) is 2.38. The molecular weight excluding hydrogens is 274 g/mol. The molecule has 1 heterocycles. The minimum absolute atomic E-state index is 0.130. The van der Waals surface area contributed by atoms with Crippen molar-refractivity contribution >= 4 is 11.9 Å². The average Bonchev–Trinajstić information content (AvgIpc) is 3.12. The molecule has 1 atom stereocenters. The molecule has 7 nitrogen and oxygen atoms in total. The van der Waals surface area contributed by atoms with E-state index in [0.717, 1.165) is 18.7 Å². The molecule has 1 amide bonds. The number of nitrogens with one attached hydrogen (secondary N) is 1. The first kappa shape index (κ1) is 15.5. The van der Waals surface area contributed by atoms with Crippen LogP contribution in [0.25, 0.3) is 0 Å². The van der Waals surface area contributed by atoms with E-state index in [9.17, 15) is 9.59 Å². The Balaban J connectivity index is 1.72. The van der Waals surface area contributed by atoms with Crippen LogP contribution in [0, 0.1) is 5.92 Å². The van der Waals surface area contributed by atoms with E-state index >= 15 is 0 Å². The Labute approximate surface area is 123 Å². The van der Waals surface area contributed by atoms with E-state index in [2.05, 4.69) is 15.5 Å². The number of hydrogen-bond donors (Lipinski definition) is 2. The third-order valence-electron chi connectivity index (χ3n) is 3.80. The van der Waals surface area contributed by atoms with E-state index in [1.54, 1.807) is 6.92 Å². The number of carbonyl (C=O) groups excluding carboxylic acids is 1. The van der Waals surface area contributed by atoms with Crippen molar-refractivity contribution in [3.63, 3.8) is 0 Å². The number of carbonyl (C=O) groups is 2. The summed E-state index contributed by atoms with van der Waals surface area (Å²) in [6.07, 6.45) is 5.22. The Morgan fingerprint density at radius 1 is 1.43 bits per heavy atom. The molecule has 0 bridgehead atoms. The van der Waals surface area contributed by atoms with Crippen LogP contribution in [0.5, 0.6) is 0 Å². The molecule has 0 radical (unpaired) electrons. The summed E-state index contributed by atoms with van der Waals surface area (Å²) < 4.78 is 5.16. The lowest BCUT2D eigenvalue weighted by atomic mass is 10.1. The van der Waals surface area contributed by atoms with Gasteiger partial charge in [0.15, 0.2) is 5.82 Å². The maximum atomic E-state index is 11.6. The molecule has 7 heteroatoms. The first-order valence-corrected chi connectivity index (χ1v) is 7.38. The van der Waals surface area contributed by atoms with Gasteiger partial charge in [-0.1, -0.05) is 24.9 Å². The Kier molecular flexibility index (Phi) is 5.30. The second-order valence-corrected chi connectivity index (χ2v) is 5.57. The molecule has 2 rings (SSSR count). The van der Waals surface area contributed by atoms with E-state index in [-0.39, 0.29) is 18.9 Å². The number of carboxylic acid groups (broad SMARTS) is 1. The Morgan fingerprint density at radius 2 is 2.14 bits per heavy atom. The van der Waals surface area contributed by atoms with Gasteiger partial charge in [-0.3, -0.25) is 9.59 Å². The van der Waals surface area contributed by atoms with Gasteiger partial charge in [0.05, 0.1) is 5.92 Å². The summed E-state index contributed by atoms with van der Waals surface area (Å²) in [6.45, 7) is 1.68. The molecule has 1 aromatic heterocycles. The van der Waals surface area contributed by atoms with Gasteiger partial charge in [0.25, 0.3) is 0 Å². The predicted octanol–water partition coefficient (Wildman–Crippen LogP) is 1.50. The van der Waals surface area contributed by atoms with Gasteiger partial charge >= 0.3 is 5.97 Å². The van der Waals surface area contributed by atoms with Crippen molar-refractivity contribution in [1.82, 2.24) is 15.5 Å². The van der Waals surface area contributed by atoms with Gasteiger partial charge in [0, 0.05) is 25.3 Å². The van der Waals surface area contributed by atoms with Crippen molar-refractivity contribution in [2.45, 2.75) is 51.4 Å². The molecule has 1 unspecified atom stereocenters. The third-order valence-corrected chi connectivity index (χ3v) is 3.80. The van der Waals surface area contributed by atoms with Gasteiger partial charge in [-0.2, -0.15) is 4.98 Å². The number of carboxylic acids is 1. The molecule has 116 valence electrons. The zero-order chi connectivity index (χ0) is 15.2. The number of hydrogen-bond acceptors (Lipinski definition) is 5. The summed E-state index contributed by atoms with van der Waals surface area (Å²) in [5.74, 6) is -0.100. The monoisotopic (exact) mass is 295 g/mol. The maximum Gasteiger partial charge on any atom is 0.308 e. The highest BCUT2D eigenvalue weighted by atomic mass is 16.5. The van der Waals surface area contributed by atoms with Gasteiger partial charge in [-0.15, -0.1) is 0 Å². The van der Waals surface area contributed by atoms with Crippen molar-refractivity contribution < 1.29 is 19.2 Å². The first-order valence-electron chi connectivity index (χ1n) is 7.38.